The number of benzene rings is 1. The lowest BCUT2D eigenvalue weighted by molar-refractivity contribution is -0.129. The molecule has 0 aliphatic carbocycles. The lowest BCUT2D eigenvalue weighted by Gasteiger charge is -2.28. The van der Waals surface area contributed by atoms with Gasteiger partial charge in [-0.25, -0.2) is 0 Å². The van der Waals surface area contributed by atoms with Crippen molar-refractivity contribution in [3.63, 3.8) is 0 Å². The summed E-state index contributed by atoms with van der Waals surface area (Å²) in [5, 5.41) is 10.4. The van der Waals surface area contributed by atoms with Gasteiger partial charge in [-0.15, -0.1) is 0 Å². The van der Waals surface area contributed by atoms with Crippen LogP contribution in [0.15, 0.2) is 35.6 Å². The van der Waals surface area contributed by atoms with Crippen LogP contribution in [0.2, 0.25) is 0 Å². The Morgan fingerprint density at radius 3 is 2.13 bits per heavy atom. The molecular weight excluding hydrogens is 380 g/mol. The Kier molecular flexibility index (Phi) is 9.37. The standard InChI is InChI=1S/C24H36N2O4/c1-5-7-14-25(15-8-6-2)16-9-17-26-22(19-10-12-20(30-4)13-11-19)21(18(3)27)23(28)24(26)29/h10-13,22,28H,5-9,14-17H2,1-4H3. The smallest absolute Gasteiger partial charge is 0.290 e. The van der Waals surface area contributed by atoms with E-state index in [-0.39, 0.29) is 11.4 Å². The number of carbonyl (C=O) groups excluding carboxylic acids is 2. The number of rotatable bonds is 13. The lowest BCUT2D eigenvalue weighted by Crippen LogP contribution is -2.35. The van der Waals surface area contributed by atoms with Crippen molar-refractivity contribution in [3.05, 3.63) is 41.2 Å². The second-order valence-electron chi connectivity index (χ2n) is 7.90. The summed E-state index contributed by atoms with van der Waals surface area (Å²) in [6, 6.07) is 6.76. The van der Waals surface area contributed by atoms with Gasteiger partial charge in [-0.2, -0.15) is 0 Å². The predicted octanol–water partition coefficient (Wildman–Crippen LogP) is 4.27. The Balaban J connectivity index is 2.15. The van der Waals surface area contributed by atoms with Gasteiger partial charge < -0.3 is 19.6 Å². The molecule has 166 valence electrons. The minimum absolute atomic E-state index is 0.180. The molecule has 2 rings (SSSR count). The molecule has 0 saturated carbocycles. The minimum atomic E-state index is -0.555. The van der Waals surface area contributed by atoms with Crippen molar-refractivity contribution in [1.29, 1.82) is 0 Å². The third-order valence-electron chi connectivity index (χ3n) is 5.64. The normalized spacial score (nSPS) is 16.6. The summed E-state index contributed by atoms with van der Waals surface area (Å²) in [5.41, 5.74) is 0.978. The van der Waals surface area contributed by atoms with Crippen LogP contribution in [0.1, 0.15) is 64.5 Å². The van der Waals surface area contributed by atoms with Gasteiger partial charge in [-0.3, -0.25) is 9.59 Å². The van der Waals surface area contributed by atoms with E-state index in [1.54, 1.807) is 12.0 Å². The van der Waals surface area contributed by atoms with Crippen LogP contribution < -0.4 is 4.74 Å². The van der Waals surface area contributed by atoms with E-state index in [0.29, 0.717) is 12.3 Å². The van der Waals surface area contributed by atoms with Crippen molar-refractivity contribution >= 4 is 11.7 Å². The molecule has 1 aromatic rings. The number of aliphatic hydroxyl groups excluding tert-OH is 1. The van der Waals surface area contributed by atoms with Crippen molar-refractivity contribution in [1.82, 2.24) is 9.80 Å². The van der Waals surface area contributed by atoms with E-state index in [1.165, 1.54) is 6.92 Å². The number of ketones is 1. The van der Waals surface area contributed by atoms with Crippen LogP contribution in [0.3, 0.4) is 0 Å². The van der Waals surface area contributed by atoms with Gasteiger partial charge in [0.2, 0.25) is 0 Å². The van der Waals surface area contributed by atoms with Crippen molar-refractivity contribution in [2.45, 2.75) is 58.9 Å². The molecule has 0 saturated heterocycles. The molecule has 1 amide bonds. The fourth-order valence-corrected chi connectivity index (χ4v) is 3.94. The van der Waals surface area contributed by atoms with E-state index in [2.05, 4.69) is 18.7 Å². The number of Topliss-reactive ketones (excluding diaryl/α,β-unsaturated/α-hetero) is 1. The lowest BCUT2D eigenvalue weighted by atomic mass is 9.96. The van der Waals surface area contributed by atoms with Crippen LogP contribution in [-0.4, -0.2) is 59.9 Å². The van der Waals surface area contributed by atoms with Crippen molar-refractivity contribution < 1.29 is 19.4 Å². The second kappa shape index (κ2) is 11.7. The molecule has 0 radical (unpaired) electrons. The van der Waals surface area contributed by atoms with Gasteiger partial charge in [0.1, 0.15) is 5.75 Å². The van der Waals surface area contributed by atoms with Crippen LogP contribution in [0.5, 0.6) is 5.75 Å². The van der Waals surface area contributed by atoms with Crippen LogP contribution in [0.25, 0.3) is 0 Å². The summed E-state index contributed by atoms with van der Waals surface area (Å²) >= 11 is 0. The molecule has 6 nitrogen and oxygen atoms in total. The van der Waals surface area contributed by atoms with Gasteiger partial charge in [0.05, 0.1) is 18.7 Å². The molecule has 1 aliphatic rings. The molecule has 1 atom stereocenters. The molecule has 1 heterocycles. The highest BCUT2D eigenvalue weighted by Gasteiger charge is 2.42. The van der Waals surface area contributed by atoms with E-state index in [0.717, 1.165) is 57.3 Å². The fraction of sp³-hybridized carbons (Fsp3) is 0.583. The van der Waals surface area contributed by atoms with Crippen molar-refractivity contribution in [2.24, 2.45) is 0 Å². The topological polar surface area (TPSA) is 70.1 Å². The number of nitrogens with zero attached hydrogens (tertiary/aromatic N) is 2. The maximum Gasteiger partial charge on any atom is 0.290 e. The van der Waals surface area contributed by atoms with E-state index < -0.39 is 17.7 Å². The number of hydrogen-bond acceptors (Lipinski definition) is 5. The quantitative estimate of drug-likeness (QED) is 0.520. The second-order valence-corrected chi connectivity index (χ2v) is 7.90. The fourth-order valence-electron chi connectivity index (χ4n) is 3.94. The van der Waals surface area contributed by atoms with E-state index in [1.807, 2.05) is 24.3 Å². The Hall–Kier alpha value is -2.34. The summed E-state index contributed by atoms with van der Waals surface area (Å²) in [7, 11) is 1.59. The third-order valence-corrected chi connectivity index (χ3v) is 5.64. The van der Waals surface area contributed by atoms with Crippen molar-refractivity contribution in [3.8, 4) is 5.75 Å². The highest BCUT2D eigenvalue weighted by atomic mass is 16.5. The van der Waals surface area contributed by atoms with Crippen LogP contribution in [-0.2, 0) is 9.59 Å². The van der Waals surface area contributed by atoms with Gasteiger partial charge in [0.25, 0.3) is 5.91 Å². The molecule has 1 N–H and O–H groups in total. The summed E-state index contributed by atoms with van der Waals surface area (Å²) in [5.74, 6) is -0.460. The summed E-state index contributed by atoms with van der Waals surface area (Å²) < 4.78 is 5.22. The largest absolute Gasteiger partial charge is 0.503 e. The number of methoxy groups -OCH3 is 1. The summed E-state index contributed by atoms with van der Waals surface area (Å²) in [6.07, 6.45) is 5.44. The third kappa shape index (κ3) is 5.85. The molecule has 1 aliphatic heterocycles. The molecule has 30 heavy (non-hydrogen) atoms. The van der Waals surface area contributed by atoms with E-state index >= 15 is 0 Å². The molecule has 0 bridgehead atoms. The molecule has 6 heteroatoms. The predicted molar refractivity (Wildman–Crippen MR) is 119 cm³/mol. The van der Waals surface area contributed by atoms with Crippen molar-refractivity contribution in [2.75, 3.05) is 33.3 Å². The van der Waals surface area contributed by atoms with Gasteiger partial charge >= 0.3 is 0 Å². The molecule has 0 fully saturated rings. The number of amides is 1. The SMILES string of the molecule is CCCCN(CCCC)CCCN1C(=O)C(O)=C(C(C)=O)C1c1ccc(OC)cc1. The Labute approximate surface area is 180 Å². The molecule has 1 aromatic carbocycles. The first-order valence-electron chi connectivity index (χ1n) is 11.1. The van der Waals surface area contributed by atoms with Gasteiger partial charge in [-0.1, -0.05) is 38.8 Å². The molecule has 1 unspecified atom stereocenters. The zero-order chi connectivity index (χ0) is 22.1. The van der Waals surface area contributed by atoms with Crippen LogP contribution in [0.4, 0.5) is 0 Å². The first-order chi connectivity index (χ1) is 14.4. The molecule has 0 spiro atoms. The number of unbranched alkanes of at least 4 members (excludes halogenated alkanes) is 2. The summed E-state index contributed by atoms with van der Waals surface area (Å²) in [4.78, 5) is 29.1. The maximum atomic E-state index is 12.8. The highest BCUT2D eigenvalue weighted by Crippen LogP contribution is 2.38. The Bertz CT molecular complexity index is 734. The van der Waals surface area contributed by atoms with Gasteiger partial charge in [0.15, 0.2) is 11.5 Å². The van der Waals surface area contributed by atoms with Crippen LogP contribution >= 0.6 is 0 Å². The zero-order valence-corrected chi connectivity index (χ0v) is 18.8. The number of ether oxygens (including phenoxy) is 1. The average Bonchev–Trinajstić information content (AvgIpc) is 3.00. The first kappa shape index (κ1) is 23.9. The Morgan fingerprint density at radius 2 is 1.63 bits per heavy atom. The highest BCUT2D eigenvalue weighted by molar-refractivity contribution is 6.08. The Morgan fingerprint density at radius 1 is 1.07 bits per heavy atom. The first-order valence-corrected chi connectivity index (χ1v) is 11.1. The minimum Gasteiger partial charge on any atom is -0.503 e. The summed E-state index contributed by atoms with van der Waals surface area (Å²) in [6.45, 7) is 9.30. The average molecular weight is 417 g/mol. The van der Waals surface area contributed by atoms with E-state index in [4.69, 9.17) is 4.74 Å². The molecular formula is C24H36N2O4. The van der Waals surface area contributed by atoms with Crippen LogP contribution in [0, 0.1) is 0 Å². The zero-order valence-electron chi connectivity index (χ0n) is 18.8. The number of aliphatic hydroxyl groups is 1. The number of carbonyl (C=O) groups is 2. The van der Waals surface area contributed by atoms with E-state index in [9.17, 15) is 14.7 Å². The van der Waals surface area contributed by atoms with Gasteiger partial charge in [-0.05, 0) is 63.5 Å². The van der Waals surface area contributed by atoms with Gasteiger partial charge in [0, 0.05) is 6.54 Å². The monoisotopic (exact) mass is 416 g/mol. The number of hydrogen-bond donors (Lipinski definition) is 1. The maximum absolute atomic E-state index is 12.8. The molecule has 0 aromatic heterocycles.